The van der Waals surface area contributed by atoms with E-state index in [1.54, 1.807) is 24.3 Å². The number of aliphatic hydroxyl groups is 1. The maximum atomic E-state index is 13.4. The molecule has 0 spiro atoms. The van der Waals surface area contributed by atoms with Crippen molar-refractivity contribution in [3.05, 3.63) is 54.0 Å². The van der Waals surface area contributed by atoms with Crippen molar-refractivity contribution in [3.63, 3.8) is 0 Å². The van der Waals surface area contributed by atoms with Crippen LogP contribution in [-0.2, 0) is 4.79 Å². The Morgan fingerprint density at radius 2 is 2.07 bits per heavy atom. The van der Waals surface area contributed by atoms with Gasteiger partial charge in [-0.1, -0.05) is 18.6 Å². The van der Waals surface area contributed by atoms with E-state index in [9.17, 15) is 14.0 Å². The summed E-state index contributed by atoms with van der Waals surface area (Å²) in [5, 5.41) is 14.6. The van der Waals surface area contributed by atoms with Crippen LogP contribution in [0.4, 0.5) is 4.39 Å². The molecule has 0 bridgehead atoms. The van der Waals surface area contributed by atoms with E-state index < -0.39 is 0 Å². The second-order valence-corrected chi connectivity index (χ2v) is 7.34. The second-order valence-electron chi connectivity index (χ2n) is 7.34. The van der Waals surface area contributed by atoms with E-state index in [-0.39, 0.29) is 36.2 Å². The first kappa shape index (κ1) is 20.9. The van der Waals surface area contributed by atoms with Gasteiger partial charge in [0, 0.05) is 36.9 Å². The standard InChI is InChI=1S/C22H26FN3O3/c23-18-6-1-4-15(12-18)20-9-8-17(14-25-20)22(29)26-19-7-2-5-16(13-19)21(28)24-10-3-11-27/h1,4,6,8-9,12,14,16,19,27H,2-3,5,7,10-11,13H2,(H,24,28)(H,26,29)/t16-,19-/m0/s1. The van der Waals surface area contributed by atoms with Crippen LogP contribution < -0.4 is 10.6 Å². The predicted molar refractivity (Wildman–Crippen MR) is 108 cm³/mol. The van der Waals surface area contributed by atoms with E-state index in [0.29, 0.717) is 36.2 Å². The summed E-state index contributed by atoms with van der Waals surface area (Å²) in [4.78, 5) is 29.1. The molecular weight excluding hydrogens is 373 g/mol. The summed E-state index contributed by atoms with van der Waals surface area (Å²) in [6.45, 7) is 0.516. The van der Waals surface area contributed by atoms with Gasteiger partial charge in [-0.2, -0.15) is 0 Å². The SMILES string of the molecule is O=C(N[C@H]1CCC[C@H](C(=O)NCCCO)C1)c1ccc(-c2cccc(F)c2)nc1. The molecule has 2 atom stereocenters. The average Bonchev–Trinajstić information content (AvgIpc) is 2.74. The fourth-order valence-corrected chi connectivity index (χ4v) is 3.61. The van der Waals surface area contributed by atoms with Crippen LogP contribution in [0.1, 0.15) is 42.5 Å². The molecule has 0 unspecified atom stereocenters. The van der Waals surface area contributed by atoms with Crippen molar-refractivity contribution in [2.45, 2.75) is 38.1 Å². The fraction of sp³-hybridized carbons (Fsp3) is 0.409. The number of hydrogen-bond acceptors (Lipinski definition) is 4. The maximum Gasteiger partial charge on any atom is 0.253 e. The lowest BCUT2D eigenvalue weighted by Crippen LogP contribution is -2.42. The minimum atomic E-state index is -0.335. The third-order valence-electron chi connectivity index (χ3n) is 5.16. The van der Waals surface area contributed by atoms with E-state index in [0.717, 1.165) is 19.3 Å². The zero-order valence-corrected chi connectivity index (χ0v) is 16.2. The van der Waals surface area contributed by atoms with Crippen LogP contribution in [0, 0.1) is 11.7 Å². The Morgan fingerprint density at radius 1 is 1.21 bits per heavy atom. The normalized spacial score (nSPS) is 18.8. The van der Waals surface area contributed by atoms with Crippen LogP contribution in [-0.4, -0.2) is 41.1 Å². The van der Waals surface area contributed by atoms with Gasteiger partial charge in [0.05, 0.1) is 11.3 Å². The molecule has 1 aliphatic carbocycles. The Labute approximate surface area is 169 Å². The molecule has 1 aliphatic rings. The van der Waals surface area contributed by atoms with Gasteiger partial charge in [0.25, 0.3) is 5.91 Å². The molecule has 7 heteroatoms. The van der Waals surface area contributed by atoms with Crippen molar-refractivity contribution in [2.24, 2.45) is 5.92 Å². The summed E-state index contributed by atoms with van der Waals surface area (Å²) >= 11 is 0. The lowest BCUT2D eigenvalue weighted by molar-refractivity contribution is -0.126. The zero-order chi connectivity index (χ0) is 20.6. The maximum absolute atomic E-state index is 13.4. The van der Waals surface area contributed by atoms with E-state index in [1.807, 2.05) is 0 Å². The van der Waals surface area contributed by atoms with E-state index in [1.165, 1.54) is 18.3 Å². The number of halogens is 1. The summed E-state index contributed by atoms with van der Waals surface area (Å²) in [6, 6.07) is 9.45. The van der Waals surface area contributed by atoms with Gasteiger partial charge in [0.2, 0.25) is 5.91 Å². The fourth-order valence-electron chi connectivity index (χ4n) is 3.61. The molecular formula is C22H26FN3O3. The Hall–Kier alpha value is -2.80. The van der Waals surface area contributed by atoms with Gasteiger partial charge in [-0.15, -0.1) is 0 Å². The number of benzene rings is 1. The zero-order valence-electron chi connectivity index (χ0n) is 16.2. The summed E-state index contributed by atoms with van der Waals surface area (Å²) in [5.41, 5.74) is 1.68. The lowest BCUT2D eigenvalue weighted by Gasteiger charge is -2.29. The second kappa shape index (κ2) is 10.1. The van der Waals surface area contributed by atoms with Crippen molar-refractivity contribution >= 4 is 11.8 Å². The summed E-state index contributed by atoms with van der Waals surface area (Å²) < 4.78 is 13.4. The molecule has 1 heterocycles. The van der Waals surface area contributed by atoms with Gasteiger partial charge < -0.3 is 15.7 Å². The van der Waals surface area contributed by atoms with Crippen molar-refractivity contribution in [2.75, 3.05) is 13.2 Å². The molecule has 1 saturated carbocycles. The molecule has 2 amide bonds. The van der Waals surface area contributed by atoms with Gasteiger partial charge in [0.15, 0.2) is 0 Å². The molecule has 29 heavy (non-hydrogen) atoms. The number of amides is 2. The first-order chi connectivity index (χ1) is 14.1. The molecule has 0 aliphatic heterocycles. The Bertz CT molecular complexity index is 841. The number of aromatic nitrogens is 1. The highest BCUT2D eigenvalue weighted by Crippen LogP contribution is 2.25. The number of pyridine rings is 1. The largest absolute Gasteiger partial charge is 0.396 e. The Morgan fingerprint density at radius 3 is 2.79 bits per heavy atom. The molecule has 0 radical (unpaired) electrons. The number of hydrogen-bond donors (Lipinski definition) is 3. The third-order valence-corrected chi connectivity index (χ3v) is 5.16. The molecule has 6 nitrogen and oxygen atoms in total. The van der Waals surface area contributed by atoms with Gasteiger partial charge in [-0.05, 0) is 49.9 Å². The number of carbonyl (C=O) groups is 2. The summed E-state index contributed by atoms with van der Waals surface area (Å²) in [7, 11) is 0. The smallest absolute Gasteiger partial charge is 0.253 e. The molecule has 1 aromatic carbocycles. The molecule has 154 valence electrons. The van der Waals surface area contributed by atoms with Gasteiger partial charge >= 0.3 is 0 Å². The average molecular weight is 399 g/mol. The highest BCUT2D eigenvalue weighted by Gasteiger charge is 2.28. The van der Waals surface area contributed by atoms with Crippen molar-refractivity contribution in [1.82, 2.24) is 15.6 Å². The van der Waals surface area contributed by atoms with Crippen molar-refractivity contribution < 1.29 is 19.1 Å². The number of nitrogens with zero attached hydrogens (tertiary/aromatic N) is 1. The van der Waals surface area contributed by atoms with Crippen LogP contribution in [0.5, 0.6) is 0 Å². The lowest BCUT2D eigenvalue weighted by atomic mass is 9.85. The number of aliphatic hydroxyl groups excluding tert-OH is 1. The highest BCUT2D eigenvalue weighted by molar-refractivity contribution is 5.94. The van der Waals surface area contributed by atoms with Crippen LogP contribution in [0.15, 0.2) is 42.6 Å². The van der Waals surface area contributed by atoms with Gasteiger partial charge in [-0.3, -0.25) is 14.6 Å². The van der Waals surface area contributed by atoms with E-state index in [2.05, 4.69) is 15.6 Å². The van der Waals surface area contributed by atoms with Crippen LogP contribution in [0.2, 0.25) is 0 Å². The quantitative estimate of drug-likeness (QED) is 0.625. The van der Waals surface area contributed by atoms with Crippen molar-refractivity contribution in [3.8, 4) is 11.3 Å². The van der Waals surface area contributed by atoms with Crippen molar-refractivity contribution in [1.29, 1.82) is 0 Å². The minimum absolute atomic E-state index is 0.0153. The monoisotopic (exact) mass is 399 g/mol. The third kappa shape index (κ3) is 5.84. The molecule has 1 aromatic heterocycles. The number of rotatable bonds is 7. The van der Waals surface area contributed by atoms with Gasteiger partial charge in [0.1, 0.15) is 5.82 Å². The topological polar surface area (TPSA) is 91.3 Å². The predicted octanol–water partition coefficient (Wildman–Crippen LogP) is 2.67. The Kier molecular flexibility index (Phi) is 7.30. The van der Waals surface area contributed by atoms with Crippen LogP contribution in [0.25, 0.3) is 11.3 Å². The highest BCUT2D eigenvalue weighted by atomic mass is 19.1. The molecule has 3 N–H and O–H groups in total. The van der Waals surface area contributed by atoms with Crippen LogP contribution >= 0.6 is 0 Å². The number of nitrogens with one attached hydrogen (secondary N) is 2. The number of carbonyl (C=O) groups excluding carboxylic acids is 2. The molecule has 1 fully saturated rings. The molecule has 0 saturated heterocycles. The summed E-state index contributed by atoms with van der Waals surface area (Å²) in [5.74, 6) is -0.701. The summed E-state index contributed by atoms with van der Waals surface area (Å²) in [6.07, 6.45) is 5.14. The first-order valence-electron chi connectivity index (χ1n) is 9.98. The Balaban J connectivity index is 1.56. The van der Waals surface area contributed by atoms with Crippen LogP contribution in [0.3, 0.4) is 0 Å². The van der Waals surface area contributed by atoms with Gasteiger partial charge in [-0.25, -0.2) is 4.39 Å². The molecule has 2 aromatic rings. The first-order valence-corrected chi connectivity index (χ1v) is 9.98. The minimum Gasteiger partial charge on any atom is -0.396 e. The van der Waals surface area contributed by atoms with E-state index in [4.69, 9.17) is 5.11 Å². The van der Waals surface area contributed by atoms with E-state index >= 15 is 0 Å². The molecule has 3 rings (SSSR count).